The lowest BCUT2D eigenvalue weighted by Gasteiger charge is -2.36. The Morgan fingerprint density at radius 3 is 2.88 bits per heavy atom. The van der Waals surface area contributed by atoms with Gasteiger partial charge in [0.25, 0.3) is 0 Å². The van der Waals surface area contributed by atoms with Crippen LogP contribution in [0.3, 0.4) is 0 Å². The molecule has 0 spiro atoms. The molecule has 0 aliphatic carbocycles. The van der Waals surface area contributed by atoms with E-state index >= 15 is 0 Å². The molecule has 0 saturated carbocycles. The smallest absolute Gasteiger partial charge is 0.224 e. The monoisotopic (exact) mass is 369 g/mol. The number of piperazine rings is 1. The van der Waals surface area contributed by atoms with Crippen molar-refractivity contribution in [2.24, 2.45) is 0 Å². The van der Waals surface area contributed by atoms with Crippen molar-refractivity contribution in [1.82, 2.24) is 35.1 Å². The number of imidazole rings is 1. The number of rotatable bonds is 3. The molecule has 3 aromatic rings. The van der Waals surface area contributed by atoms with Crippen LogP contribution < -0.4 is 16.0 Å². The van der Waals surface area contributed by atoms with Gasteiger partial charge in [0.2, 0.25) is 5.95 Å². The van der Waals surface area contributed by atoms with Crippen LogP contribution in [0.4, 0.5) is 11.8 Å². The van der Waals surface area contributed by atoms with Crippen molar-refractivity contribution in [2.75, 3.05) is 36.8 Å². The first kappa shape index (κ1) is 16.5. The predicted octanol–water partition coefficient (Wildman–Crippen LogP) is 0.527. The molecule has 3 aromatic heterocycles. The molecule has 1 aliphatic rings. The summed E-state index contributed by atoms with van der Waals surface area (Å²) >= 11 is 5.53. The number of thiocarbonyl (C=S) groups is 1. The summed E-state index contributed by atoms with van der Waals surface area (Å²) in [6.07, 6.45) is 5.20. The SMILES string of the molecule is Nc1nc(N2CCN(C(=S)NCc3cccnc3)CC2)c2[nH]cnc2n1. The zero-order valence-corrected chi connectivity index (χ0v) is 14.9. The number of H-pyrrole nitrogens is 1. The fraction of sp³-hybridized carbons (Fsp3) is 0.312. The molecule has 1 fully saturated rings. The van der Waals surface area contributed by atoms with Crippen molar-refractivity contribution in [3.63, 3.8) is 0 Å². The van der Waals surface area contributed by atoms with E-state index < -0.39 is 0 Å². The number of aromatic amines is 1. The molecule has 4 rings (SSSR count). The van der Waals surface area contributed by atoms with Crippen molar-refractivity contribution in [2.45, 2.75) is 6.54 Å². The van der Waals surface area contributed by atoms with Gasteiger partial charge in [-0.2, -0.15) is 9.97 Å². The van der Waals surface area contributed by atoms with E-state index in [2.05, 4.69) is 40.0 Å². The summed E-state index contributed by atoms with van der Waals surface area (Å²) in [6.45, 7) is 3.86. The highest BCUT2D eigenvalue weighted by Gasteiger charge is 2.22. The minimum absolute atomic E-state index is 0.232. The topological polar surface area (TPSA) is 112 Å². The number of anilines is 2. The molecule has 0 unspecified atom stereocenters. The third kappa shape index (κ3) is 3.36. The van der Waals surface area contributed by atoms with Gasteiger partial charge in [0.05, 0.1) is 6.33 Å². The number of pyridine rings is 1. The Morgan fingerprint density at radius 1 is 1.27 bits per heavy atom. The van der Waals surface area contributed by atoms with Gasteiger partial charge in [0.1, 0.15) is 5.52 Å². The molecule has 0 atom stereocenters. The van der Waals surface area contributed by atoms with Crippen LogP contribution >= 0.6 is 12.2 Å². The number of hydrogen-bond donors (Lipinski definition) is 3. The highest BCUT2D eigenvalue weighted by atomic mass is 32.1. The van der Waals surface area contributed by atoms with E-state index in [1.165, 1.54) is 0 Å². The molecule has 0 amide bonds. The van der Waals surface area contributed by atoms with E-state index in [1.807, 2.05) is 18.3 Å². The van der Waals surface area contributed by atoms with E-state index in [0.717, 1.165) is 48.2 Å². The third-order valence-corrected chi connectivity index (χ3v) is 4.72. The number of nitrogens with zero attached hydrogens (tertiary/aromatic N) is 6. The molecule has 4 N–H and O–H groups in total. The Bertz CT molecular complexity index is 902. The van der Waals surface area contributed by atoms with Crippen LogP contribution in [0.15, 0.2) is 30.9 Å². The van der Waals surface area contributed by atoms with E-state index in [-0.39, 0.29) is 5.95 Å². The highest BCUT2D eigenvalue weighted by Crippen LogP contribution is 2.22. The van der Waals surface area contributed by atoms with E-state index in [0.29, 0.717) is 12.2 Å². The zero-order chi connectivity index (χ0) is 17.9. The van der Waals surface area contributed by atoms with Crippen molar-refractivity contribution in [3.05, 3.63) is 36.4 Å². The second-order valence-electron chi connectivity index (χ2n) is 6.00. The van der Waals surface area contributed by atoms with Gasteiger partial charge in [-0.1, -0.05) is 6.07 Å². The first-order valence-corrected chi connectivity index (χ1v) is 8.75. The van der Waals surface area contributed by atoms with Gasteiger partial charge in [0, 0.05) is 45.1 Å². The maximum Gasteiger partial charge on any atom is 0.224 e. The molecule has 26 heavy (non-hydrogen) atoms. The molecule has 9 nitrogen and oxygen atoms in total. The quantitative estimate of drug-likeness (QED) is 0.569. The molecule has 0 radical (unpaired) electrons. The fourth-order valence-electron chi connectivity index (χ4n) is 2.98. The fourth-order valence-corrected chi connectivity index (χ4v) is 3.23. The third-order valence-electron chi connectivity index (χ3n) is 4.32. The van der Waals surface area contributed by atoms with Crippen LogP contribution in [0.1, 0.15) is 5.56 Å². The van der Waals surface area contributed by atoms with Gasteiger partial charge in [-0.05, 0) is 23.8 Å². The minimum Gasteiger partial charge on any atom is -0.368 e. The molecule has 4 heterocycles. The van der Waals surface area contributed by atoms with Crippen LogP contribution in [0.5, 0.6) is 0 Å². The average Bonchev–Trinajstić information content (AvgIpc) is 3.15. The lowest BCUT2D eigenvalue weighted by atomic mass is 10.3. The highest BCUT2D eigenvalue weighted by molar-refractivity contribution is 7.80. The lowest BCUT2D eigenvalue weighted by molar-refractivity contribution is 0.379. The van der Waals surface area contributed by atoms with Crippen LogP contribution in [-0.2, 0) is 6.54 Å². The second kappa shape index (κ2) is 7.08. The molecular weight excluding hydrogens is 350 g/mol. The Morgan fingerprint density at radius 2 is 2.12 bits per heavy atom. The van der Waals surface area contributed by atoms with Gasteiger partial charge in [-0.3, -0.25) is 4.98 Å². The van der Waals surface area contributed by atoms with Crippen LogP contribution in [0.2, 0.25) is 0 Å². The predicted molar refractivity (Wildman–Crippen MR) is 104 cm³/mol. The lowest BCUT2D eigenvalue weighted by Crippen LogP contribution is -2.51. The van der Waals surface area contributed by atoms with Crippen molar-refractivity contribution < 1.29 is 0 Å². The number of aromatic nitrogens is 5. The van der Waals surface area contributed by atoms with E-state index in [9.17, 15) is 0 Å². The maximum absolute atomic E-state index is 5.81. The number of hydrogen-bond acceptors (Lipinski definition) is 7. The van der Waals surface area contributed by atoms with Crippen molar-refractivity contribution in [3.8, 4) is 0 Å². The van der Waals surface area contributed by atoms with Crippen LogP contribution in [-0.4, -0.2) is 61.1 Å². The number of nitrogens with two attached hydrogens (primary N) is 1. The maximum atomic E-state index is 5.81. The van der Waals surface area contributed by atoms with Gasteiger partial charge in [0.15, 0.2) is 16.6 Å². The summed E-state index contributed by atoms with van der Waals surface area (Å²) in [5.74, 6) is 1.02. The van der Waals surface area contributed by atoms with Gasteiger partial charge in [-0.15, -0.1) is 0 Å². The van der Waals surface area contributed by atoms with Crippen LogP contribution in [0.25, 0.3) is 11.2 Å². The Balaban J connectivity index is 1.37. The largest absolute Gasteiger partial charge is 0.368 e. The molecule has 0 aromatic carbocycles. The number of nitrogens with one attached hydrogen (secondary N) is 2. The van der Waals surface area contributed by atoms with Gasteiger partial charge >= 0.3 is 0 Å². The molecule has 1 saturated heterocycles. The summed E-state index contributed by atoms with van der Waals surface area (Å²) in [4.78, 5) is 24.3. The van der Waals surface area contributed by atoms with Crippen LogP contribution in [0, 0.1) is 0 Å². The first-order valence-electron chi connectivity index (χ1n) is 8.34. The van der Waals surface area contributed by atoms with Gasteiger partial charge < -0.3 is 25.8 Å². The number of nitrogen functional groups attached to an aromatic ring is 1. The normalized spacial score (nSPS) is 14.6. The molecule has 10 heteroatoms. The summed E-state index contributed by atoms with van der Waals surface area (Å²) < 4.78 is 0. The molecule has 1 aliphatic heterocycles. The summed E-state index contributed by atoms with van der Waals surface area (Å²) in [5, 5.41) is 4.05. The van der Waals surface area contributed by atoms with Crippen molar-refractivity contribution in [1.29, 1.82) is 0 Å². The standard InChI is InChI=1S/C16H19N9S/c17-15-22-13-12(20-10-21-13)14(23-15)24-4-6-25(7-5-24)16(26)19-9-11-2-1-3-18-8-11/h1-3,8,10H,4-7,9H2,(H,19,26)(H3,17,20,21,22,23). The average molecular weight is 369 g/mol. The van der Waals surface area contributed by atoms with Gasteiger partial charge in [-0.25, -0.2) is 4.98 Å². The molecule has 134 valence electrons. The summed E-state index contributed by atoms with van der Waals surface area (Å²) in [7, 11) is 0. The van der Waals surface area contributed by atoms with E-state index in [1.54, 1.807) is 12.5 Å². The zero-order valence-electron chi connectivity index (χ0n) is 14.1. The Hall–Kier alpha value is -3.01. The summed E-state index contributed by atoms with van der Waals surface area (Å²) in [6, 6.07) is 3.94. The number of fused-ring (bicyclic) bond motifs is 1. The molecular formula is C16H19N9S. The minimum atomic E-state index is 0.232. The Kier molecular flexibility index (Phi) is 4.48. The first-order chi connectivity index (χ1) is 12.7. The summed E-state index contributed by atoms with van der Waals surface area (Å²) in [5.41, 5.74) is 8.31. The van der Waals surface area contributed by atoms with Crippen molar-refractivity contribution >= 4 is 40.3 Å². The van der Waals surface area contributed by atoms with E-state index in [4.69, 9.17) is 18.0 Å². The second-order valence-corrected chi connectivity index (χ2v) is 6.39. The molecule has 0 bridgehead atoms. The Labute approximate surface area is 155 Å².